The average molecular weight is 280 g/mol. The molecule has 2 aromatic carbocycles. The fourth-order valence-electron chi connectivity index (χ4n) is 1.45. The lowest BCUT2D eigenvalue weighted by atomic mass is 10.2. The minimum absolute atomic E-state index is 0.574. The van der Waals surface area contributed by atoms with Gasteiger partial charge in [-0.2, -0.15) is 0 Å². The van der Waals surface area contributed by atoms with Crippen molar-refractivity contribution in [3.05, 3.63) is 58.1 Å². The van der Waals surface area contributed by atoms with Crippen LogP contribution in [-0.4, -0.2) is 13.3 Å². The van der Waals surface area contributed by atoms with E-state index in [2.05, 4.69) is 4.99 Å². The molecule has 0 radical (unpaired) electrons. The fourth-order valence-corrected chi connectivity index (χ4v) is 1.97. The van der Waals surface area contributed by atoms with Gasteiger partial charge in [-0.15, -0.1) is 0 Å². The van der Waals surface area contributed by atoms with Gasteiger partial charge in [0.1, 0.15) is 5.75 Å². The molecule has 2 aromatic rings. The van der Waals surface area contributed by atoms with Crippen molar-refractivity contribution in [2.45, 2.75) is 0 Å². The average Bonchev–Trinajstić information content (AvgIpc) is 2.36. The number of rotatable bonds is 3. The molecule has 0 aliphatic heterocycles. The van der Waals surface area contributed by atoms with Gasteiger partial charge in [-0.25, -0.2) is 0 Å². The third-order valence-electron chi connectivity index (χ3n) is 2.33. The first-order chi connectivity index (χ1) is 8.67. The molecular weight excluding hydrogens is 269 g/mol. The molecule has 0 spiro atoms. The van der Waals surface area contributed by atoms with Gasteiger partial charge in [0.2, 0.25) is 0 Å². The molecule has 4 heteroatoms. The molecule has 18 heavy (non-hydrogen) atoms. The van der Waals surface area contributed by atoms with Crippen LogP contribution in [-0.2, 0) is 0 Å². The molecule has 2 rings (SSSR count). The van der Waals surface area contributed by atoms with Gasteiger partial charge in [-0.1, -0.05) is 23.2 Å². The van der Waals surface area contributed by atoms with Crippen molar-refractivity contribution in [2.24, 2.45) is 4.99 Å². The minimum Gasteiger partial charge on any atom is -0.497 e. The first-order valence-electron chi connectivity index (χ1n) is 5.31. The van der Waals surface area contributed by atoms with Gasteiger partial charge in [0.25, 0.3) is 0 Å². The lowest BCUT2D eigenvalue weighted by Gasteiger charge is -1.99. The maximum absolute atomic E-state index is 5.90. The summed E-state index contributed by atoms with van der Waals surface area (Å²) in [5.74, 6) is 0.818. The second kappa shape index (κ2) is 5.89. The first-order valence-corrected chi connectivity index (χ1v) is 6.07. The van der Waals surface area contributed by atoms with E-state index in [-0.39, 0.29) is 0 Å². The lowest BCUT2D eigenvalue weighted by Crippen LogP contribution is -1.84. The smallest absolute Gasteiger partial charge is 0.118 e. The Morgan fingerprint density at radius 3 is 2.17 bits per heavy atom. The van der Waals surface area contributed by atoms with Crippen molar-refractivity contribution in [3.8, 4) is 5.75 Å². The van der Waals surface area contributed by atoms with Crippen LogP contribution >= 0.6 is 23.2 Å². The highest BCUT2D eigenvalue weighted by molar-refractivity contribution is 6.35. The molecule has 0 N–H and O–H groups in total. The van der Waals surface area contributed by atoms with Crippen LogP contribution in [0.4, 0.5) is 5.69 Å². The van der Waals surface area contributed by atoms with Crippen molar-refractivity contribution >= 4 is 35.1 Å². The quantitative estimate of drug-likeness (QED) is 0.743. The molecule has 0 amide bonds. The molecule has 0 fully saturated rings. The second-order valence-corrected chi connectivity index (χ2v) is 4.53. The van der Waals surface area contributed by atoms with E-state index in [0.717, 1.165) is 17.0 Å². The van der Waals surface area contributed by atoms with Gasteiger partial charge in [0, 0.05) is 16.3 Å². The van der Waals surface area contributed by atoms with Gasteiger partial charge in [0.05, 0.1) is 12.8 Å². The van der Waals surface area contributed by atoms with E-state index in [4.69, 9.17) is 27.9 Å². The Morgan fingerprint density at radius 1 is 1.00 bits per heavy atom. The molecule has 0 bridgehead atoms. The van der Waals surface area contributed by atoms with Crippen LogP contribution in [0.2, 0.25) is 10.0 Å². The Hall–Kier alpha value is -1.51. The Balaban J connectivity index is 2.18. The summed E-state index contributed by atoms with van der Waals surface area (Å²) in [6, 6.07) is 12.8. The van der Waals surface area contributed by atoms with Crippen LogP contribution in [0.5, 0.6) is 5.75 Å². The molecule has 2 nitrogen and oxygen atoms in total. The lowest BCUT2D eigenvalue weighted by molar-refractivity contribution is 0.415. The number of hydrogen-bond acceptors (Lipinski definition) is 2. The third-order valence-corrected chi connectivity index (χ3v) is 2.76. The summed E-state index contributed by atoms with van der Waals surface area (Å²) in [5.41, 5.74) is 1.70. The van der Waals surface area contributed by atoms with Crippen molar-refractivity contribution in [1.82, 2.24) is 0 Å². The number of methoxy groups -OCH3 is 1. The number of benzene rings is 2. The maximum atomic E-state index is 5.90. The van der Waals surface area contributed by atoms with E-state index >= 15 is 0 Å². The summed E-state index contributed by atoms with van der Waals surface area (Å²) in [4.78, 5) is 4.32. The van der Waals surface area contributed by atoms with E-state index in [9.17, 15) is 0 Å². The Morgan fingerprint density at radius 2 is 1.61 bits per heavy atom. The third kappa shape index (κ3) is 3.49. The summed E-state index contributed by atoms with van der Waals surface area (Å²) < 4.78 is 5.08. The Bertz CT molecular complexity index is 544. The molecule has 0 aliphatic rings. The molecule has 92 valence electrons. The fraction of sp³-hybridized carbons (Fsp3) is 0.0714. The Kier molecular flexibility index (Phi) is 4.24. The summed E-state index contributed by atoms with van der Waals surface area (Å²) >= 11 is 11.8. The highest BCUT2D eigenvalue weighted by Crippen LogP contribution is 2.24. The van der Waals surface area contributed by atoms with Crippen LogP contribution in [0.25, 0.3) is 0 Å². The number of ether oxygens (including phenoxy) is 1. The zero-order valence-corrected chi connectivity index (χ0v) is 11.2. The summed E-state index contributed by atoms with van der Waals surface area (Å²) in [6.45, 7) is 0. The molecule has 0 unspecified atom stereocenters. The van der Waals surface area contributed by atoms with Crippen molar-refractivity contribution in [2.75, 3.05) is 7.11 Å². The summed E-state index contributed by atoms with van der Waals surface area (Å²) in [7, 11) is 1.64. The topological polar surface area (TPSA) is 21.6 Å². The van der Waals surface area contributed by atoms with Crippen molar-refractivity contribution in [1.29, 1.82) is 0 Å². The van der Waals surface area contributed by atoms with Crippen molar-refractivity contribution in [3.63, 3.8) is 0 Å². The molecule has 0 atom stereocenters. The first kappa shape index (κ1) is 12.9. The van der Waals surface area contributed by atoms with Crippen LogP contribution in [0.3, 0.4) is 0 Å². The maximum Gasteiger partial charge on any atom is 0.118 e. The van der Waals surface area contributed by atoms with E-state index in [1.54, 1.807) is 31.5 Å². The highest BCUT2D eigenvalue weighted by Gasteiger charge is 1.96. The van der Waals surface area contributed by atoms with Gasteiger partial charge >= 0.3 is 0 Å². The minimum atomic E-state index is 0.574. The summed E-state index contributed by atoms with van der Waals surface area (Å²) in [6.07, 6.45) is 1.75. The second-order valence-electron chi connectivity index (χ2n) is 3.66. The molecule has 0 aliphatic carbocycles. The van der Waals surface area contributed by atoms with Gasteiger partial charge in [-0.05, 0) is 48.0 Å². The number of nitrogens with zero attached hydrogens (tertiary/aromatic N) is 1. The number of hydrogen-bond donors (Lipinski definition) is 0. The molecule has 0 saturated carbocycles. The van der Waals surface area contributed by atoms with Crippen molar-refractivity contribution < 1.29 is 4.74 Å². The largest absolute Gasteiger partial charge is 0.497 e. The molecular formula is C14H11Cl2NO. The molecule has 0 saturated heterocycles. The zero-order valence-electron chi connectivity index (χ0n) is 9.73. The van der Waals surface area contributed by atoms with E-state index < -0.39 is 0 Å². The number of aliphatic imine (C=N–C) groups is 1. The van der Waals surface area contributed by atoms with E-state index in [1.165, 1.54) is 0 Å². The van der Waals surface area contributed by atoms with E-state index in [0.29, 0.717) is 10.0 Å². The Labute approximate surface area is 116 Å². The summed E-state index contributed by atoms with van der Waals surface area (Å²) in [5, 5.41) is 1.15. The predicted molar refractivity (Wildman–Crippen MR) is 76.7 cm³/mol. The molecule has 0 heterocycles. The standard InChI is InChI=1S/C14H11Cl2NO/c1-18-14-4-2-10(3-5-14)9-17-13-7-11(15)6-12(16)8-13/h2-9H,1H3. The molecule has 0 aromatic heterocycles. The van der Waals surface area contributed by atoms with Crippen LogP contribution in [0, 0.1) is 0 Å². The van der Waals surface area contributed by atoms with Gasteiger partial charge in [0.15, 0.2) is 0 Å². The van der Waals surface area contributed by atoms with Crippen LogP contribution < -0.4 is 4.74 Å². The zero-order chi connectivity index (χ0) is 13.0. The van der Waals surface area contributed by atoms with Gasteiger partial charge in [-0.3, -0.25) is 4.99 Å². The number of halogens is 2. The highest BCUT2D eigenvalue weighted by atomic mass is 35.5. The predicted octanol–water partition coefficient (Wildman–Crippen LogP) is 4.75. The van der Waals surface area contributed by atoms with Gasteiger partial charge < -0.3 is 4.74 Å². The van der Waals surface area contributed by atoms with Crippen LogP contribution in [0.15, 0.2) is 47.5 Å². The van der Waals surface area contributed by atoms with E-state index in [1.807, 2.05) is 24.3 Å². The monoisotopic (exact) mass is 279 g/mol. The normalized spacial score (nSPS) is 10.8. The van der Waals surface area contributed by atoms with Crippen LogP contribution in [0.1, 0.15) is 5.56 Å². The SMILES string of the molecule is COc1ccc(C=Nc2cc(Cl)cc(Cl)c2)cc1.